The largest absolute Gasteiger partial charge is 0.397 e. The van der Waals surface area contributed by atoms with E-state index < -0.39 is 0 Å². The van der Waals surface area contributed by atoms with Gasteiger partial charge < -0.3 is 20.4 Å². The van der Waals surface area contributed by atoms with Gasteiger partial charge in [0, 0.05) is 25.6 Å². The maximum atomic E-state index is 12.5. The lowest BCUT2D eigenvalue weighted by Crippen LogP contribution is -2.40. The summed E-state index contributed by atoms with van der Waals surface area (Å²) in [5.41, 5.74) is 8.02. The van der Waals surface area contributed by atoms with E-state index >= 15 is 0 Å². The first-order valence-corrected chi connectivity index (χ1v) is 6.88. The van der Waals surface area contributed by atoms with Gasteiger partial charge in [-0.3, -0.25) is 4.79 Å². The van der Waals surface area contributed by atoms with Crippen LogP contribution in [0, 0.1) is 0 Å². The van der Waals surface area contributed by atoms with Crippen molar-refractivity contribution in [3.8, 4) is 0 Å². The molecule has 3 N–H and O–H groups in total. The summed E-state index contributed by atoms with van der Waals surface area (Å²) in [7, 11) is 1.72. The fourth-order valence-corrected chi connectivity index (χ4v) is 2.76. The number of anilines is 1. The summed E-state index contributed by atoms with van der Waals surface area (Å²) in [5, 5.41) is 0.972. The molecule has 2 heterocycles. The average molecular weight is 273 g/mol. The number of para-hydroxylation sites is 1. The number of ether oxygens (including phenoxy) is 1. The maximum absolute atomic E-state index is 12.5. The number of amides is 1. The number of H-pyrrole nitrogens is 1. The fourth-order valence-electron chi connectivity index (χ4n) is 2.76. The number of likely N-dealkylation sites (tertiary alicyclic amines) is 1. The van der Waals surface area contributed by atoms with Crippen molar-refractivity contribution in [2.45, 2.75) is 18.9 Å². The minimum atomic E-state index is 0.0372. The molecule has 0 saturated carbocycles. The van der Waals surface area contributed by atoms with Crippen LogP contribution in [0.1, 0.15) is 23.3 Å². The number of piperidine rings is 1. The molecule has 1 aliphatic rings. The summed E-state index contributed by atoms with van der Waals surface area (Å²) in [6, 6.07) is 7.55. The van der Waals surface area contributed by atoms with E-state index in [-0.39, 0.29) is 12.0 Å². The minimum Gasteiger partial charge on any atom is -0.397 e. The Balaban J connectivity index is 1.81. The van der Waals surface area contributed by atoms with Crippen molar-refractivity contribution in [1.29, 1.82) is 0 Å². The van der Waals surface area contributed by atoms with Crippen LogP contribution in [0.25, 0.3) is 10.9 Å². The molecular weight excluding hydrogens is 254 g/mol. The van der Waals surface area contributed by atoms with Crippen molar-refractivity contribution in [3.05, 3.63) is 30.0 Å². The number of nitrogens with one attached hydrogen (secondary N) is 1. The molecule has 0 radical (unpaired) electrons. The topological polar surface area (TPSA) is 71.3 Å². The molecular formula is C15H19N3O2. The van der Waals surface area contributed by atoms with E-state index in [1.54, 1.807) is 7.11 Å². The van der Waals surface area contributed by atoms with Gasteiger partial charge in [0.25, 0.3) is 5.91 Å². The average Bonchev–Trinajstić information content (AvgIpc) is 2.92. The summed E-state index contributed by atoms with van der Waals surface area (Å²) >= 11 is 0. The minimum absolute atomic E-state index is 0.0372. The number of hydrogen-bond donors (Lipinski definition) is 2. The number of hydrogen-bond acceptors (Lipinski definition) is 3. The van der Waals surface area contributed by atoms with Crippen molar-refractivity contribution in [2.75, 3.05) is 25.9 Å². The van der Waals surface area contributed by atoms with Crippen molar-refractivity contribution in [2.24, 2.45) is 0 Å². The molecule has 1 aromatic heterocycles. The number of methoxy groups -OCH3 is 1. The second-order valence-corrected chi connectivity index (χ2v) is 5.22. The van der Waals surface area contributed by atoms with Gasteiger partial charge in [-0.25, -0.2) is 0 Å². The van der Waals surface area contributed by atoms with Gasteiger partial charge in [0.05, 0.1) is 17.3 Å². The molecule has 5 nitrogen and oxygen atoms in total. The maximum Gasteiger partial charge on any atom is 0.270 e. The quantitative estimate of drug-likeness (QED) is 0.822. The summed E-state index contributed by atoms with van der Waals surface area (Å²) in [6.45, 7) is 1.48. The predicted octanol–water partition coefficient (Wildman–Crippen LogP) is 2.00. The number of nitrogens with zero attached hydrogens (tertiary/aromatic N) is 1. The number of benzene rings is 1. The Morgan fingerprint density at radius 3 is 2.80 bits per heavy atom. The van der Waals surface area contributed by atoms with Gasteiger partial charge in [-0.05, 0) is 25.0 Å². The van der Waals surface area contributed by atoms with Gasteiger partial charge in [-0.2, -0.15) is 0 Å². The molecule has 1 aromatic carbocycles. The molecule has 3 rings (SSSR count). The molecule has 1 amide bonds. The summed E-state index contributed by atoms with van der Waals surface area (Å²) in [4.78, 5) is 17.5. The van der Waals surface area contributed by atoms with E-state index in [1.807, 2.05) is 29.2 Å². The second kappa shape index (κ2) is 5.17. The molecule has 1 aliphatic heterocycles. The first-order valence-electron chi connectivity index (χ1n) is 6.88. The third-order valence-corrected chi connectivity index (χ3v) is 3.98. The van der Waals surface area contributed by atoms with E-state index in [0.29, 0.717) is 11.4 Å². The Bertz CT molecular complexity index is 627. The summed E-state index contributed by atoms with van der Waals surface area (Å²) in [5.74, 6) is 0.0372. The van der Waals surface area contributed by atoms with Crippen LogP contribution < -0.4 is 5.73 Å². The summed E-state index contributed by atoms with van der Waals surface area (Å²) in [6.07, 6.45) is 2.06. The number of rotatable bonds is 2. The predicted molar refractivity (Wildman–Crippen MR) is 78.6 cm³/mol. The van der Waals surface area contributed by atoms with E-state index in [1.165, 1.54) is 0 Å². The Kier molecular flexibility index (Phi) is 3.36. The monoisotopic (exact) mass is 273 g/mol. The molecule has 0 unspecified atom stereocenters. The summed E-state index contributed by atoms with van der Waals surface area (Å²) < 4.78 is 5.33. The zero-order valence-electron chi connectivity index (χ0n) is 11.6. The number of aromatic nitrogens is 1. The van der Waals surface area contributed by atoms with Gasteiger partial charge in [-0.1, -0.05) is 12.1 Å². The van der Waals surface area contributed by atoms with Crippen molar-refractivity contribution < 1.29 is 9.53 Å². The number of carbonyl (C=O) groups is 1. The molecule has 1 fully saturated rings. The third kappa shape index (κ3) is 2.25. The molecule has 0 bridgehead atoms. The van der Waals surface area contributed by atoms with Crippen molar-refractivity contribution >= 4 is 22.5 Å². The van der Waals surface area contributed by atoms with E-state index in [4.69, 9.17) is 10.5 Å². The van der Waals surface area contributed by atoms with Crippen LogP contribution in [0.15, 0.2) is 24.3 Å². The van der Waals surface area contributed by atoms with E-state index in [2.05, 4.69) is 4.98 Å². The van der Waals surface area contributed by atoms with Crippen LogP contribution in [0.5, 0.6) is 0 Å². The van der Waals surface area contributed by atoms with E-state index in [0.717, 1.165) is 36.8 Å². The molecule has 2 aromatic rings. The third-order valence-electron chi connectivity index (χ3n) is 3.98. The zero-order chi connectivity index (χ0) is 14.1. The molecule has 5 heteroatoms. The molecule has 0 aliphatic carbocycles. The van der Waals surface area contributed by atoms with Gasteiger partial charge in [0.1, 0.15) is 5.69 Å². The number of nitrogen functional groups attached to an aromatic ring is 1. The lowest BCUT2D eigenvalue weighted by atomic mass is 10.1. The smallest absolute Gasteiger partial charge is 0.270 e. The molecule has 0 atom stereocenters. The standard InChI is InChI=1S/C15H19N3O2/c1-20-11-5-7-18(8-6-11)15(19)13-9-10-3-2-4-12(16)14(10)17-13/h2-4,9,11,17H,5-8,16H2,1H3. The highest BCUT2D eigenvalue weighted by Crippen LogP contribution is 2.23. The van der Waals surface area contributed by atoms with Crippen molar-refractivity contribution in [1.82, 2.24) is 9.88 Å². The van der Waals surface area contributed by atoms with Crippen LogP contribution in [-0.4, -0.2) is 42.1 Å². The molecule has 0 spiro atoms. The van der Waals surface area contributed by atoms with E-state index in [9.17, 15) is 4.79 Å². The van der Waals surface area contributed by atoms with Crippen molar-refractivity contribution in [3.63, 3.8) is 0 Å². The number of carbonyl (C=O) groups excluding carboxylic acids is 1. The Morgan fingerprint density at radius 1 is 1.40 bits per heavy atom. The normalized spacial score (nSPS) is 16.8. The van der Waals surface area contributed by atoms with Gasteiger partial charge in [-0.15, -0.1) is 0 Å². The molecule has 20 heavy (non-hydrogen) atoms. The van der Waals surface area contributed by atoms with Crippen LogP contribution in [-0.2, 0) is 4.74 Å². The lowest BCUT2D eigenvalue weighted by Gasteiger charge is -2.30. The van der Waals surface area contributed by atoms with Crippen LogP contribution >= 0.6 is 0 Å². The first-order chi connectivity index (χ1) is 9.69. The highest BCUT2D eigenvalue weighted by molar-refractivity contribution is 6.00. The Morgan fingerprint density at radius 2 is 2.15 bits per heavy atom. The van der Waals surface area contributed by atoms with Gasteiger partial charge in [0.15, 0.2) is 0 Å². The van der Waals surface area contributed by atoms with Gasteiger partial charge >= 0.3 is 0 Å². The Hall–Kier alpha value is -2.01. The van der Waals surface area contributed by atoms with Crippen LogP contribution in [0.2, 0.25) is 0 Å². The Labute approximate surface area is 117 Å². The lowest BCUT2D eigenvalue weighted by molar-refractivity contribution is 0.0348. The van der Waals surface area contributed by atoms with Gasteiger partial charge in [0.2, 0.25) is 0 Å². The fraction of sp³-hybridized carbons (Fsp3) is 0.400. The molecule has 1 saturated heterocycles. The number of fused-ring (bicyclic) bond motifs is 1. The zero-order valence-corrected chi connectivity index (χ0v) is 11.6. The SMILES string of the molecule is COC1CCN(C(=O)c2cc3cccc(N)c3[nH]2)CC1. The van der Waals surface area contributed by atoms with Crippen LogP contribution in [0.4, 0.5) is 5.69 Å². The second-order valence-electron chi connectivity index (χ2n) is 5.22. The number of aromatic amines is 1. The number of nitrogens with two attached hydrogens (primary N) is 1. The first kappa shape index (κ1) is 13.0. The van der Waals surface area contributed by atoms with Crippen LogP contribution in [0.3, 0.4) is 0 Å². The molecule has 106 valence electrons. The highest BCUT2D eigenvalue weighted by atomic mass is 16.5. The highest BCUT2D eigenvalue weighted by Gasteiger charge is 2.24.